The third-order valence-corrected chi connectivity index (χ3v) is 6.07. The van der Waals surface area contributed by atoms with Crippen molar-refractivity contribution >= 4 is 5.91 Å². The molecule has 1 aromatic rings. The number of aryl methyl sites for hydroxylation is 1. The molecular formula is C17H27N5O2. The van der Waals surface area contributed by atoms with Crippen molar-refractivity contribution in [2.24, 2.45) is 11.3 Å². The first-order chi connectivity index (χ1) is 11.7. The number of carbonyl (C=O) groups is 1. The molecule has 2 aliphatic heterocycles. The zero-order chi connectivity index (χ0) is 16.6. The van der Waals surface area contributed by atoms with Crippen LogP contribution in [0.2, 0.25) is 0 Å². The summed E-state index contributed by atoms with van der Waals surface area (Å²) in [6.07, 6.45) is 5.97. The minimum absolute atomic E-state index is 0.140. The molecule has 1 saturated carbocycles. The Hall–Kier alpha value is -1.47. The average molecular weight is 333 g/mol. The molecule has 1 aliphatic carbocycles. The minimum Gasteiger partial charge on any atom is -0.348 e. The van der Waals surface area contributed by atoms with E-state index < -0.39 is 0 Å². The Morgan fingerprint density at radius 3 is 3.04 bits per heavy atom. The van der Waals surface area contributed by atoms with Crippen LogP contribution in [0.4, 0.5) is 0 Å². The van der Waals surface area contributed by atoms with Crippen LogP contribution in [-0.2, 0) is 17.8 Å². The van der Waals surface area contributed by atoms with E-state index in [-0.39, 0.29) is 11.3 Å². The van der Waals surface area contributed by atoms with Gasteiger partial charge < -0.3 is 15.2 Å². The maximum Gasteiger partial charge on any atom is 0.229 e. The second kappa shape index (κ2) is 6.44. The van der Waals surface area contributed by atoms with Gasteiger partial charge in [-0.15, -0.1) is 0 Å². The lowest BCUT2D eigenvalue weighted by molar-refractivity contribution is -0.131. The lowest BCUT2D eigenvalue weighted by Gasteiger charge is -2.28. The van der Waals surface area contributed by atoms with Crippen molar-refractivity contribution in [2.75, 3.05) is 26.2 Å². The Morgan fingerprint density at radius 2 is 2.29 bits per heavy atom. The van der Waals surface area contributed by atoms with E-state index >= 15 is 0 Å². The van der Waals surface area contributed by atoms with Crippen LogP contribution in [0.25, 0.3) is 0 Å². The van der Waals surface area contributed by atoms with Crippen LogP contribution in [0.3, 0.4) is 0 Å². The van der Waals surface area contributed by atoms with Crippen molar-refractivity contribution < 1.29 is 9.32 Å². The first-order valence-electron chi connectivity index (χ1n) is 9.26. The number of hydrogen-bond donors (Lipinski definition) is 2. The van der Waals surface area contributed by atoms with Crippen molar-refractivity contribution in [3.05, 3.63) is 11.7 Å². The highest BCUT2D eigenvalue weighted by molar-refractivity contribution is 5.84. The van der Waals surface area contributed by atoms with E-state index in [4.69, 9.17) is 4.52 Å². The molecule has 3 fully saturated rings. The summed E-state index contributed by atoms with van der Waals surface area (Å²) in [5.41, 5.74) is -0.292. The predicted octanol–water partition coefficient (Wildman–Crippen LogP) is 0.712. The fourth-order valence-corrected chi connectivity index (χ4v) is 4.67. The molecule has 2 N–H and O–H groups in total. The van der Waals surface area contributed by atoms with Gasteiger partial charge in [-0.05, 0) is 12.8 Å². The van der Waals surface area contributed by atoms with E-state index in [9.17, 15) is 4.79 Å². The Kier molecular flexibility index (Phi) is 4.30. The monoisotopic (exact) mass is 333 g/mol. The van der Waals surface area contributed by atoms with Crippen LogP contribution in [0.5, 0.6) is 0 Å². The third-order valence-electron chi connectivity index (χ3n) is 6.07. The molecule has 2 saturated heterocycles. The number of rotatable bonds is 5. The van der Waals surface area contributed by atoms with Crippen molar-refractivity contribution in [2.45, 2.75) is 51.6 Å². The van der Waals surface area contributed by atoms with E-state index in [2.05, 4.69) is 25.7 Å². The highest BCUT2D eigenvalue weighted by Crippen LogP contribution is 2.42. The summed E-state index contributed by atoms with van der Waals surface area (Å²) in [5.74, 6) is 1.73. The molecule has 1 amide bonds. The summed E-state index contributed by atoms with van der Waals surface area (Å²) < 4.78 is 5.11. The van der Waals surface area contributed by atoms with Gasteiger partial charge in [0, 0.05) is 44.6 Å². The highest BCUT2D eigenvalue weighted by Gasteiger charge is 2.55. The van der Waals surface area contributed by atoms with Gasteiger partial charge in [-0.25, -0.2) is 0 Å². The van der Waals surface area contributed by atoms with Crippen LogP contribution in [0.15, 0.2) is 4.52 Å². The second-order valence-corrected chi connectivity index (χ2v) is 7.49. The van der Waals surface area contributed by atoms with Gasteiger partial charge in [-0.2, -0.15) is 4.98 Å². The summed E-state index contributed by atoms with van der Waals surface area (Å²) >= 11 is 0. The molecular weight excluding hydrogens is 306 g/mol. The van der Waals surface area contributed by atoms with Gasteiger partial charge in [0.2, 0.25) is 11.8 Å². The Labute approximate surface area is 142 Å². The van der Waals surface area contributed by atoms with E-state index in [1.807, 2.05) is 6.92 Å². The van der Waals surface area contributed by atoms with Gasteiger partial charge >= 0.3 is 0 Å². The number of carbonyl (C=O) groups excluding carboxylic acids is 1. The summed E-state index contributed by atoms with van der Waals surface area (Å²) in [4.78, 5) is 19.8. The Morgan fingerprint density at radius 1 is 1.46 bits per heavy atom. The number of hydrogen-bond acceptors (Lipinski definition) is 6. The zero-order valence-corrected chi connectivity index (χ0v) is 14.4. The molecule has 0 unspecified atom stereocenters. The zero-order valence-electron chi connectivity index (χ0n) is 14.4. The second-order valence-electron chi connectivity index (χ2n) is 7.49. The molecule has 0 radical (unpaired) electrons. The summed E-state index contributed by atoms with van der Waals surface area (Å²) in [7, 11) is 0. The number of aromatic nitrogens is 2. The number of fused-ring (bicyclic) bond motifs is 1. The molecule has 132 valence electrons. The van der Waals surface area contributed by atoms with Gasteiger partial charge in [-0.1, -0.05) is 24.9 Å². The van der Waals surface area contributed by atoms with Crippen LogP contribution in [-0.4, -0.2) is 53.2 Å². The number of likely N-dealkylation sites (tertiary alicyclic amines) is 1. The van der Waals surface area contributed by atoms with Gasteiger partial charge in [0.25, 0.3) is 0 Å². The quantitative estimate of drug-likeness (QED) is 0.826. The average Bonchev–Trinajstić information content (AvgIpc) is 3.34. The largest absolute Gasteiger partial charge is 0.348 e. The minimum atomic E-state index is -0.292. The first-order valence-corrected chi connectivity index (χ1v) is 9.26. The third kappa shape index (κ3) is 2.73. The first kappa shape index (κ1) is 16.0. The lowest BCUT2D eigenvalue weighted by Crippen LogP contribution is -2.47. The van der Waals surface area contributed by atoms with Crippen LogP contribution >= 0.6 is 0 Å². The van der Waals surface area contributed by atoms with Gasteiger partial charge in [0.1, 0.15) is 0 Å². The maximum atomic E-state index is 13.0. The summed E-state index contributed by atoms with van der Waals surface area (Å²) in [6.45, 7) is 5.97. The van der Waals surface area contributed by atoms with Crippen molar-refractivity contribution in [1.82, 2.24) is 25.7 Å². The SMILES string of the molecule is CCc1nc(CNC(=O)[C@]23CNC[C@H]2CN(C2CCCC2)C3)no1. The molecule has 3 aliphatic rings. The van der Waals surface area contributed by atoms with Crippen molar-refractivity contribution in [3.8, 4) is 0 Å². The molecule has 7 heteroatoms. The fourth-order valence-electron chi connectivity index (χ4n) is 4.67. The molecule has 3 heterocycles. The topological polar surface area (TPSA) is 83.3 Å². The molecule has 24 heavy (non-hydrogen) atoms. The summed E-state index contributed by atoms with van der Waals surface area (Å²) in [5, 5.41) is 10.4. The lowest BCUT2D eigenvalue weighted by atomic mass is 9.80. The predicted molar refractivity (Wildman–Crippen MR) is 88.1 cm³/mol. The Balaban J connectivity index is 1.41. The summed E-state index contributed by atoms with van der Waals surface area (Å²) in [6, 6.07) is 0.685. The van der Waals surface area contributed by atoms with E-state index in [0.29, 0.717) is 36.6 Å². The standard InChI is InChI=1S/C17H27N5O2/c1-2-15-20-14(21-24-15)8-19-16(23)17-10-18-7-12(17)9-22(11-17)13-5-3-4-6-13/h12-13,18H,2-11H2,1H3,(H,19,23)/t12-,17-/m0/s1. The smallest absolute Gasteiger partial charge is 0.229 e. The Bertz CT molecular complexity index is 598. The van der Waals surface area contributed by atoms with E-state index in [0.717, 1.165) is 26.2 Å². The van der Waals surface area contributed by atoms with Gasteiger partial charge in [0.15, 0.2) is 5.82 Å². The highest BCUT2D eigenvalue weighted by atomic mass is 16.5. The normalized spacial score (nSPS) is 30.8. The van der Waals surface area contributed by atoms with Crippen LogP contribution in [0.1, 0.15) is 44.3 Å². The molecule has 0 aromatic carbocycles. The molecule has 7 nitrogen and oxygen atoms in total. The van der Waals surface area contributed by atoms with E-state index in [1.165, 1.54) is 25.7 Å². The molecule has 2 atom stereocenters. The van der Waals surface area contributed by atoms with E-state index in [1.54, 1.807) is 0 Å². The van der Waals surface area contributed by atoms with Crippen molar-refractivity contribution in [3.63, 3.8) is 0 Å². The molecule has 1 aromatic heterocycles. The van der Waals surface area contributed by atoms with Gasteiger partial charge in [0.05, 0.1) is 12.0 Å². The number of nitrogens with one attached hydrogen (secondary N) is 2. The molecule has 4 rings (SSSR count). The molecule has 0 bridgehead atoms. The fraction of sp³-hybridized carbons (Fsp3) is 0.824. The van der Waals surface area contributed by atoms with Crippen LogP contribution < -0.4 is 10.6 Å². The van der Waals surface area contributed by atoms with Crippen molar-refractivity contribution in [1.29, 1.82) is 0 Å². The number of nitrogens with zero attached hydrogens (tertiary/aromatic N) is 3. The number of amides is 1. The maximum absolute atomic E-state index is 13.0. The van der Waals surface area contributed by atoms with Crippen LogP contribution in [0, 0.1) is 11.3 Å². The molecule has 0 spiro atoms. The van der Waals surface area contributed by atoms with Gasteiger partial charge in [-0.3, -0.25) is 9.69 Å².